The van der Waals surface area contributed by atoms with E-state index in [1.807, 2.05) is 0 Å². The van der Waals surface area contributed by atoms with E-state index in [1.165, 1.54) is 23.9 Å². The van der Waals surface area contributed by atoms with Gasteiger partial charge in [0.1, 0.15) is 17.2 Å². The molecule has 0 radical (unpaired) electrons. The highest BCUT2D eigenvalue weighted by Gasteiger charge is 2.16. The molecule has 1 atom stereocenters. The van der Waals surface area contributed by atoms with Crippen molar-refractivity contribution in [2.24, 2.45) is 7.05 Å². The second-order valence-electron chi connectivity index (χ2n) is 6.01. The highest BCUT2D eigenvalue weighted by atomic mass is 16.5. The predicted octanol–water partition coefficient (Wildman–Crippen LogP) is 0.583. The van der Waals surface area contributed by atoms with Crippen LogP contribution >= 0.6 is 0 Å². The molecule has 0 saturated carbocycles. The van der Waals surface area contributed by atoms with Crippen LogP contribution in [0, 0.1) is 0 Å². The van der Waals surface area contributed by atoms with Crippen LogP contribution in [0.15, 0.2) is 12.1 Å². The average Bonchev–Trinajstić information content (AvgIpc) is 3.00. The third kappa shape index (κ3) is 3.92. The molecular formula is C16H21N7O4. The lowest BCUT2D eigenvalue weighted by molar-refractivity contribution is 0.208. The number of nitrogens with one attached hydrogen (secondary N) is 2. The van der Waals surface area contributed by atoms with Crippen LogP contribution < -0.4 is 15.4 Å². The number of benzene rings is 1. The molecule has 3 rings (SSSR count). The van der Waals surface area contributed by atoms with E-state index in [0.717, 1.165) is 0 Å². The Morgan fingerprint density at radius 2 is 1.89 bits per heavy atom. The Hall–Kier alpha value is -3.34. The van der Waals surface area contributed by atoms with E-state index in [0.29, 0.717) is 28.7 Å². The highest BCUT2D eigenvalue weighted by molar-refractivity contribution is 5.83. The zero-order valence-corrected chi connectivity index (χ0v) is 15.1. The third-order valence-corrected chi connectivity index (χ3v) is 3.85. The van der Waals surface area contributed by atoms with Crippen molar-refractivity contribution < 1.29 is 20.1 Å². The van der Waals surface area contributed by atoms with Crippen molar-refractivity contribution in [1.82, 2.24) is 25.0 Å². The van der Waals surface area contributed by atoms with Gasteiger partial charge < -0.3 is 30.7 Å². The average molecular weight is 375 g/mol. The number of hydrogen-bond donors (Lipinski definition) is 5. The molecule has 27 heavy (non-hydrogen) atoms. The van der Waals surface area contributed by atoms with Gasteiger partial charge in [0.2, 0.25) is 5.95 Å². The number of rotatable bonds is 7. The Labute approximate surface area is 154 Å². The number of aryl methyl sites for hydroxylation is 1. The summed E-state index contributed by atoms with van der Waals surface area (Å²) >= 11 is 0. The van der Waals surface area contributed by atoms with E-state index in [-0.39, 0.29) is 30.2 Å². The lowest BCUT2D eigenvalue weighted by atomic mass is 10.1. The zero-order valence-electron chi connectivity index (χ0n) is 15.1. The largest absolute Gasteiger partial charge is 0.507 e. The molecule has 0 fully saturated rings. The van der Waals surface area contributed by atoms with Crippen LogP contribution in [-0.2, 0) is 13.6 Å². The van der Waals surface area contributed by atoms with Gasteiger partial charge in [-0.25, -0.2) is 4.68 Å². The van der Waals surface area contributed by atoms with E-state index in [1.54, 1.807) is 14.0 Å². The van der Waals surface area contributed by atoms with Crippen molar-refractivity contribution in [1.29, 1.82) is 0 Å². The van der Waals surface area contributed by atoms with Gasteiger partial charge in [-0.2, -0.15) is 9.97 Å². The number of hydrogen-bond acceptors (Lipinski definition) is 10. The highest BCUT2D eigenvalue weighted by Crippen LogP contribution is 2.33. The minimum atomic E-state index is -0.571. The summed E-state index contributed by atoms with van der Waals surface area (Å²) in [4.78, 5) is 8.68. The number of aliphatic hydroxyl groups is 1. The first kappa shape index (κ1) is 18.5. The van der Waals surface area contributed by atoms with Gasteiger partial charge in [-0.05, 0) is 6.92 Å². The summed E-state index contributed by atoms with van der Waals surface area (Å²) in [5.41, 5.74) is 1.21. The van der Waals surface area contributed by atoms with Crippen LogP contribution in [0.3, 0.4) is 0 Å². The van der Waals surface area contributed by atoms with Gasteiger partial charge in [0, 0.05) is 32.3 Å². The summed E-state index contributed by atoms with van der Waals surface area (Å²) in [5.74, 6) is 0.777. The molecule has 3 aromatic rings. The smallest absolute Gasteiger partial charge is 0.226 e. The van der Waals surface area contributed by atoms with E-state index >= 15 is 0 Å². The minimum absolute atomic E-state index is 0.0835. The Kier molecular flexibility index (Phi) is 5.12. The van der Waals surface area contributed by atoms with Crippen LogP contribution in [0.4, 0.5) is 11.8 Å². The number of aromatic nitrogens is 5. The number of methoxy groups -OCH3 is 1. The van der Waals surface area contributed by atoms with Gasteiger partial charge in [-0.15, -0.1) is 5.10 Å². The van der Waals surface area contributed by atoms with E-state index < -0.39 is 6.10 Å². The summed E-state index contributed by atoms with van der Waals surface area (Å²) in [7, 11) is 3.14. The van der Waals surface area contributed by atoms with Crippen LogP contribution in [0.5, 0.6) is 17.2 Å². The number of nitrogens with zero attached hydrogens (tertiary/aromatic N) is 5. The summed E-state index contributed by atoms with van der Waals surface area (Å²) < 4.78 is 6.50. The molecule has 5 N–H and O–H groups in total. The van der Waals surface area contributed by atoms with E-state index in [2.05, 4.69) is 30.9 Å². The summed E-state index contributed by atoms with van der Waals surface area (Å²) in [5, 5.41) is 43.6. The van der Waals surface area contributed by atoms with Crippen molar-refractivity contribution in [3.63, 3.8) is 0 Å². The maximum atomic E-state index is 10.1. The monoisotopic (exact) mass is 375 g/mol. The Morgan fingerprint density at radius 3 is 2.52 bits per heavy atom. The van der Waals surface area contributed by atoms with Gasteiger partial charge in [0.25, 0.3) is 0 Å². The van der Waals surface area contributed by atoms with Crippen molar-refractivity contribution in [3.05, 3.63) is 17.7 Å². The number of ether oxygens (including phenoxy) is 1. The molecule has 0 saturated heterocycles. The second-order valence-corrected chi connectivity index (χ2v) is 6.01. The first-order valence-corrected chi connectivity index (χ1v) is 8.21. The normalized spacial score (nSPS) is 12.1. The molecule has 0 aliphatic heterocycles. The molecule has 2 aromatic heterocycles. The molecule has 0 bridgehead atoms. The Morgan fingerprint density at radius 1 is 1.19 bits per heavy atom. The SMILES string of the molecule is COc1cc(O)c(CNc2nc(NCC(C)O)nc3c2nnn3C)c(O)c1. The second kappa shape index (κ2) is 7.50. The number of phenolic OH excluding ortho intramolecular Hbond substituents is 2. The fourth-order valence-electron chi connectivity index (χ4n) is 2.44. The fraction of sp³-hybridized carbons (Fsp3) is 0.375. The molecule has 1 aromatic carbocycles. The van der Waals surface area contributed by atoms with Crippen LogP contribution in [0.1, 0.15) is 12.5 Å². The summed E-state index contributed by atoms with van der Waals surface area (Å²) in [6.07, 6.45) is -0.571. The molecule has 0 amide bonds. The zero-order chi connectivity index (χ0) is 19.6. The van der Waals surface area contributed by atoms with Gasteiger partial charge in [-0.1, -0.05) is 5.21 Å². The number of fused-ring (bicyclic) bond motifs is 1. The molecule has 0 aliphatic carbocycles. The number of phenols is 2. The van der Waals surface area contributed by atoms with Crippen molar-refractivity contribution in [2.45, 2.75) is 19.6 Å². The first-order chi connectivity index (χ1) is 12.9. The summed E-state index contributed by atoms with van der Waals surface area (Å²) in [6.45, 7) is 2.00. The summed E-state index contributed by atoms with van der Waals surface area (Å²) in [6, 6.07) is 2.81. The molecule has 2 heterocycles. The van der Waals surface area contributed by atoms with Crippen molar-refractivity contribution >= 4 is 22.9 Å². The topological polar surface area (TPSA) is 150 Å². The van der Waals surface area contributed by atoms with E-state index in [4.69, 9.17) is 4.74 Å². The molecule has 11 nitrogen and oxygen atoms in total. The molecule has 11 heteroatoms. The van der Waals surface area contributed by atoms with Gasteiger partial charge >= 0.3 is 0 Å². The Bertz CT molecular complexity index is 934. The number of anilines is 2. The number of aromatic hydroxyl groups is 2. The van der Waals surface area contributed by atoms with Crippen LogP contribution in [-0.4, -0.2) is 60.0 Å². The maximum Gasteiger partial charge on any atom is 0.226 e. The molecule has 144 valence electrons. The minimum Gasteiger partial charge on any atom is -0.507 e. The van der Waals surface area contributed by atoms with Gasteiger partial charge in [-0.3, -0.25) is 0 Å². The Balaban J connectivity index is 1.90. The van der Waals surface area contributed by atoms with E-state index in [9.17, 15) is 15.3 Å². The molecule has 0 aliphatic rings. The number of aliphatic hydroxyl groups excluding tert-OH is 1. The fourth-order valence-corrected chi connectivity index (χ4v) is 2.44. The molecule has 1 unspecified atom stereocenters. The maximum absolute atomic E-state index is 10.1. The van der Waals surface area contributed by atoms with Crippen LogP contribution in [0.25, 0.3) is 11.2 Å². The predicted molar refractivity (Wildman–Crippen MR) is 97.9 cm³/mol. The molecular weight excluding hydrogens is 354 g/mol. The standard InChI is InChI=1S/C16H21N7O4/c1-8(24)6-18-16-19-14(13-15(20-16)23(2)22-21-13)17-7-10-11(25)4-9(27-3)5-12(10)26/h4-5,8,24-26H,6-7H2,1-3H3,(H2,17,18,19,20). The molecule has 0 spiro atoms. The van der Waals surface area contributed by atoms with Crippen molar-refractivity contribution in [3.8, 4) is 17.2 Å². The quantitative estimate of drug-likeness (QED) is 0.397. The third-order valence-electron chi connectivity index (χ3n) is 3.85. The lowest BCUT2D eigenvalue weighted by Crippen LogP contribution is -2.17. The first-order valence-electron chi connectivity index (χ1n) is 8.21. The van der Waals surface area contributed by atoms with Gasteiger partial charge in [0.15, 0.2) is 17.0 Å². The van der Waals surface area contributed by atoms with Crippen molar-refractivity contribution in [2.75, 3.05) is 24.3 Å². The lowest BCUT2D eigenvalue weighted by Gasteiger charge is -2.12. The van der Waals surface area contributed by atoms with Gasteiger partial charge in [0.05, 0.1) is 18.8 Å². The van der Waals surface area contributed by atoms with Crippen LogP contribution in [0.2, 0.25) is 0 Å².